The van der Waals surface area contributed by atoms with Crippen molar-refractivity contribution in [1.82, 2.24) is 0 Å². The molecular formula is C20H22O4S2. The van der Waals surface area contributed by atoms with Crippen molar-refractivity contribution in [1.29, 1.82) is 0 Å². The summed E-state index contributed by atoms with van der Waals surface area (Å²) in [4.78, 5) is 2.37. The van der Waals surface area contributed by atoms with Gasteiger partial charge in [0, 0.05) is 20.9 Å². The normalized spacial score (nSPS) is 18.7. The van der Waals surface area contributed by atoms with Crippen molar-refractivity contribution >= 4 is 21.6 Å². The number of ether oxygens (including phenoxy) is 4. The summed E-state index contributed by atoms with van der Waals surface area (Å²) in [5.74, 6) is 0. The van der Waals surface area contributed by atoms with E-state index in [0.717, 1.165) is 11.1 Å². The minimum Gasteiger partial charge on any atom is -0.346 e. The van der Waals surface area contributed by atoms with Gasteiger partial charge in [-0.05, 0) is 49.2 Å². The van der Waals surface area contributed by atoms with E-state index >= 15 is 0 Å². The van der Waals surface area contributed by atoms with E-state index in [2.05, 4.69) is 50.2 Å². The predicted molar refractivity (Wildman–Crippen MR) is 103 cm³/mol. The topological polar surface area (TPSA) is 36.9 Å². The van der Waals surface area contributed by atoms with Crippen LogP contribution >= 0.6 is 21.6 Å². The molecule has 2 aromatic carbocycles. The van der Waals surface area contributed by atoms with E-state index < -0.39 is 0 Å². The highest BCUT2D eigenvalue weighted by Gasteiger charge is 2.22. The maximum Gasteiger partial charge on any atom is 0.184 e. The molecular weight excluding hydrogens is 368 g/mol. The molecule has 0 unspecified atom stereocenters. The van der Waals surface area contributed by atoms with Crippen molar-refractivity contribution in [2.45, 2.75) is 36.2 Å². The molecule has 2 aromatic rings. The molecule has 0 aliphatic carbocycles. The molecule has 138 valence electrons. The van der Waals surface area contributed by atoms with Gasteiger partial charge in [0.15, 0.2) is 12.6 Å². The molecule has 0 bridgehead atoms. The van der Waals surface area contributed by atoms with Crippen LogP contribution in [0.15, 0.2) is 46.2 Å². The van der Waals surface area contributed by atoms with Crippen LogP contribution in [0.5, 0.6) is 0 Å². The summed E-state index contributed by atoms with van der Waals surface area (Å²) in [7, 11) is 3.47. The predicted octanol–water partition coefficient (Wildman–Crippen LogP) is 5.19. The first kappa shape index (κ1) is 18.3. The van der Waals surface area contributed by atoms with E-state index in [9.17, 15) is 0 Å². The lowest BCUT2D eigenvalue weighted by Gasteiger charge is -2.15. The van der Waals surface area contributed by atoms with Crippen molar-refractivity contribution in [2.24, 2.45) is 0 Å². The Hall–Kier alpha value is -1.02. The molecule has 0 aromatic heterocycles. The first-order valence-electron chi connectivity index (χ1n) is 8.73. The molecule has 4 rings (SSSR count). The maximum atomic E-state index is 5.66. The summed E-state index contributed by atoms with van der Waals surface area (Å²) < 4.78 is 22.6. The van der Waals surface area contributed by atoms with Gasteiger partial charge in [0.05, 0.1) is 26.4 Å². The van der Waals surface area contributed by atoms with Crippen LogP contribution in [-0.2, 0) is 18.9 Å². The number of rotatable bonds is 5. The number of aryl methyl sites for hydroxylation is 2. The lowest BCUT2D eigenvalue weighted by atomic mass is 10.1. The van der Waals surface area contributed by atoms with E-state index in [1.165, 1.54) is 20.9 Å². The molecule has 6 heteroatoms. The third-order valence-corrected chi connectivity index (χ3v) is 6.87. The largest absolute Gasteiger partial charge is 0.346 e. The summed E-state index contributed by atoms with van der Waals surface area (Å²) in [5.41, 5.74) is 4.62. The molecule has 26 heavy (non-hydrogen) atoms. The zero-order valence-corrected chi connectivity index (χ0v) is 16.5. The van der Waals surface area contributed by atoms with Crippen molar-refractivity contribution < 1.29 is 18.9 Å². The maximum absolute atomic E-state index is 5.66. The van der Waals surface area contributed by atoms with Gasteiger partial charge in [-0.1, -0.05) is 33.7 Å². The molecule has 2 aliphatic rings. The Balaban J connectivity index is 1.47. The minimum atomic E-state index is -0.233. The van der Waals surface area contributed by atoms with Gasteiger partial charge in [0.1, 0.15) is 0 Å². The number of hydrogen-bond donors (Lipinski definition) is 0. The Labute approximate surface area is 161 Å². The standard InChI is InChI=1S/C20H22O4S2/c1-13-3-5-15(11-17(13)19-21-7-8-22-19)25-26-16-6-4-14(2)18(12-16)20-23-9-10-24-20/h3-6,11-12,19-20H,7-10H2,1-2H3. The lowest BCUT2D eigenvalue weighted by molar-refractivity contribution is -0.0448. The third kappa shape index (κ3) is 4.11. The summed E-state index contributed by atoms with van der Waals surface area (Å²) in [6.45, 7) is 6.83. The molecule has 0 spiro atoms. The van der Waals surface area contributed by atoms with Gasteiger partial charge in [0.25, 0.3) is 0 Å². The highest BCUT2D eigenvalue weighted by Crippen LogP contribution is 2.41. The van der Waals surface area contributed by atoms with Crippen molar-refractivity contribution in [3.8, 4) is 0 Å². The second kappa shape index (κ2) is 8.33. The Morgan fingerprint density at radius 3 is 1.42 bits per heavy atom. The van der Waals surface area contributed by atoms with Crippen LogP contribution in [0.1, 0.15) is 34.8 Å². The van der Waals surface area contributed by atoms with Crippen LogP contribution < -0.4 is 0 Å². The second-order valence-corrected chi connectivity index (χ2v) is 8.63. The summed E-state index contributed by atoms with van der Waals surface area (Å²) in [6.07, 6.45) is -0.466. The monoisotopic (exact) mass is 390 g/mol. The van der Waals surface area contributed by atoms with Gasteiger partial charge in [-0.2, -0.15) is 0 Å². The molecule has 4 nitrogen and oxygen atoms in total. The molecule has 0 radical (unpaired) electrons. The average Bonchev–Trinajstić information content (AvgIpc) is 3.36. The lowest BCUT2D eigenvalue weighted by Crippen LogP contribution is -2.01. The van der Waals surface area contributed by atoms with Crippen LogP contribution in [0.25, 0.3) is 0 Å². The SMILES string of the molecule is Cc1ccc(SSc2ccc(C)c(C3OCCO3)c2)cc1C1OCCO1. The molecule has 0 N–H and O–H groups in total. The molecule has 2 aliphatic heterocycles. The Morgan fingerprint density at radius 1 is 0.654 bits per heavy atom. The van der Waals surface area contributed by atoms with Gasteiger partial charge < -0.3 is 18.9 Å². The van der Waals surface area contributed by atoms with Gasteiger partial charge in [-0.3, -0.25) is 0 Å². The molecule has 2 fully saturated rings. The van der Waals surface area contributed by atoms with Crippen LogP contribution in [0.3, 0.4) is 0 Å². The fourth-order valence-corrected chi connectivity index (χ4v) is 5.01. The summed E-state index contributed by atoms with van der Waals surface area (Å²) in [5, 5.41) is 0. The minimum absolute atomic E-state index is 0.233. The van der Waals surface area contributed by atoms with Gasteiger partial charge >= 0.3 is 0 Å². The van der Waals surface area contributed by atoms with E-state index in [1.54, 1.807) is 21.6 Å². The fraction of sp³-hybridized carbons (Fsp3) is 0.400. The molecule has 0 saturated carbocycles. The van der Waals surface area contributed by atoms with Crippen LogP contribution in [0.2, 0.25) is 0 Å². The average molecular weight is 391 g/mol. The Morgan fingerprint density at radius 2 is 1.04 bits per heavy atom. The zero-order chi connectivity index (χ0) is 17.9. The first-order chi connectivity index (χ1) is 12.7. The van der Waals surface area contributed by atoms with Gasteiger partial charge in [0.2, 0.25) is 0 Å². The van der Waals surface area contributed by atoms with E-state index in [4.69, 9.17) is 18.9 Å². The van der Waals surface area contributed by atoms with E-state index in [0.29, 0.717) is 26.4 Å². The molecule has 2 heterocycles. The molecule has 0 amide bonds. The zero-order valence-electron chi connectivity index (χ0n) is 14.9. The number of benzene rings is 2. The van der Waals surface area contributed by atoms with Gasteiger partial charge in [-0.25, -0.2) is 0 Å². The van der Waals surface area contributed by atoms with E-state index in [1.807, 2.05) is 0 Å². The highest BCUT2D eigenvalue weighted by atomic mass is 33.1. The highest BCUT2D eigenvalue weighted by molar-refractivity contribution is 8.76. The van der Waals surface area contributed by atoms with Crippen molar-refractivity contribution in [2.75, 3.05) is 26.4 Å². The van der Waals surface area contributed by atoms with Crippen LogP contribution in [0.4, 0.5) is 0 Å². The molecule has 0 atom stereocenters. The van der Waals surface area contributed by atoms with Crippen molar-refractivity contribution in [3.05, 3.63) is 58.7 Å². The quantitative estimate of drug-likeness (QED) is 0.654. The second-order valence-electron chi connectivity index (χ2n) is 6.35. The molecule has 2 saturated heterocycles. The number of hydrogen-bond acceptors (Lipinski definition) is 6. The summed E-state index contributed by atoms with van der Waals surface area (Å²) in [6, 6.07) is 12.9. The fourth-order valence-electron chi connectivity index (χ4n) is 3.02. The summed E-state index contributed by atoms with van der Waals surface area (Å²) >= 11 is 0. The van der Waals surface area contributed by atoms with E-state index in [-0.39, 0.29) is 12.6 Å². The van der Waals surface area contributed by atoms with Crippen molar-refractivity contribution in [3.63, 3.8) is 0 Å². The Bertz CT molecular complexity index is 703. The third-order valence-electron chi connectivity index (χ3n) is 4.49. The van der Waals surface area contributed by atoms with Crippen LogP contribution in [-0.4, -0.2) is 26.4 Å². The van der Waals surface area contributed by atoms with Crippen LogP contribution in [0, 0.1) is 13.8 Å². The smallest absolute Gasteiger partial charge is 0.184 e. The van der Waals surface area contributed by atoms with Gasteiger partial charge in [-0.15, -0.1) is 0 Å². The Kier molecular flexibility index (Phi) is 5.88. The first-order valence-corrected chi connectivity index (χ1v) is 10.9.